The standard InChI is InChI=1S/C23H26N4O4S/c1-2-17-6-8-18(9-7-17)25-22(28)16-27-21-11-10-19(14-20(21)24-15-23(27)29)32(30,31)26-12-4-3-5-13-26/h6-11,14-15H,2-5,12-13,16H2,1H3,(H,25,28). The summed E-state index contributed by atoms with van der Waals surface area (Å²) in [7, 11) is -3.62. The molecule has 1 aliphatic rings. The van der Waals surface area contributed by atoms with Gasteiger partial charge in [-0.15, -0.1) is 0 Å². The van der Waals surface area contributed by atoms with Crippen LogP contribution in [0.5, 0.6) is 0 Å². The van der Waals surface area contributed by atoms with Crippen molar-refractivity contribution >= 4 is 32.7 Å². The van der Waals surface area contributed by atoms with Crippen LogP contribution in [0.25, 0.3) is 11.0 Å². The number of nitrogens with zero attached hydrogens (tertiary/aromatic N) is 3. The van der Waals surface area contributed by atoms with E-state index in [2.05, 4.69) is 17.2 Å². The molecule has 8 nitrogen and oxygen atoms in total. The van der Waals surface area contributed by atoms with E-state index in [9.17, 15) is 18.0 Å². The smallest absolute Gasteiger partial charge is 0.269 e. The number of aromatic nitrogens is 2. The summed E-state index contributed by atoms with van der Waals surface area (Å²) in [6.07, 6.45) is 4.75. The van der Waals surface area contributed by atoms with Gasteiger partial charge in [0.1, 0.15) is 6.54 Å². The lowest BCUT2D eigenvalue weighted by Gasteiger charge is -2.26. The van der Waals surface area contributed by atoms with Gasteiger partial charge in [0.2, 0.25) is 15.9 Å². The summed E-state index contributed by atoms with van der Waals surface area (Å²) in [6.45, 7) is 2.86. The molecule has 2 heterocycles. The molecule has 4 rings (SSSR count). The molecule has 1 N–H and O–H groups in total. The van der Waals surface area contributed by atoms with E-state index in [4.69, 9.17) is 0 Å². The van der Waals surface area contributed by atoms with Crippen molar-refractivity contribution in [1.29, 1.82) is 0 Å². The van der Waals surface area contributed by atoms with Crippen LogP contribution in [0.4, 0.5) is 5.69 Å². The molecule has 0 unspecified atom stereocenters. The number of hydrogen-bond acceptors (Lipinski definition) is 5. The average Bonchev–Trinajstić information content (AvgIpc) is 2.81. The van der Waals surface area contributed by atoms with E-state index in [0.29, 0.717) is 29.8 Å². The van der Waals surface area contributed by atoms with E-state index in [1.165, 1.54) is 21.0 Å². The van der Waals surface area contributed by atoms with E-state index in [1.54, 1.807) is 6.07 Å². The maximum atomic E-state index is 13.0. The molecule has 0 bridgehead atoms. The number of carbonyl (C=O) groups is 1. The average molecular weight is 455 g/mol. The summed E-state index contributed by atoms with van der Waals surface area (Å²) in [5.74, 6) is -0.353. The molecule has 0 saturated carbocycles. The molecule has 168 valence electrons. The number of aryl methyl sites for hydroxylation is 1. The van der Waals surface area contributed by atoms with Gasteiger partial charge < -0.3 is 5.32 Å². The zero-order chi connectivity index (χ0) is 22.7. The van der Waals surface area contributed by atoms with E-state index >= 15 is 0 Å². The Bertz CT molecular complexity index is 1290. The first-order valence-corrected chi connectivity index (χ1v) is 12.2. The summed E-state index contributed by atoms with van der Waals surface area (Å²) in [5.41, 5.74) is 2.14. The van der Waals surface area contributed by atoms with Gasteiger partial charge in [0, 0.05) is 18.8 Å². The molecule has 0 atom stereocenters. The molecule has 32 heavy (non-hydrogen) atoms. The van der Waals surface area contributed by atoms with Crippen LogP contribution in [-0.2, 0) is 27.8 Å². The van der Waals surface area contributed by atoms with Gasteiger partial charge in [-0.2, -0.15) is 4.31 Å². The molecule has 9 heteroatoms. The molecule has 0 radical (unpaired) electrons. The first-order valence-electron chi connectivity index (χ1n) is 10.8. The second-order valence-electron chi connectivity index (χ2n) is 7.90. The molecule has 3 aromatic rings. The minimum atomic E-state index is -3.62. The van der Waals surface area contributed by atoms with E-state index in [-0.39, 0.29) is 17.3 Å². The number of fused-ring (bicyclic) bond motifs is 1. The van der Waals surface area contributed by atoms with Crippen LogP contribution in [-0.4, -0.2) is 41.3 Å². The summed E-state index contributed by atoms with van der Waals surface area (Å²) in [5, 5.41) is 2.79. The fraction of sp³-hybridized carbons (Fsp3) is 0.348. The Hall–Kier alpha value is -3.04. The third kappa shape index (κ3) is 4.58. The van der Waals surface area contributed by atoms with Gasteiger partial charge in [0.15, 0.2) is 0 Å². The predicted molar refractivity (Wildman–Crippen MR) is 123 cm³/mol. The summed E-state index contributed by atoms with van der Waals surface area (Å²) in [6, 6.07) is 12.0. The zero-order valence-electron chi connectivity index (χ0n) is 18.0. The number of benzene rings is 2. The SMILES string of the molecule is CCc1ccc(NC(=O)Cn2c(=O)cnc3cc(S(=O)(=O)N4CCCCC4)ccc32)cc1. The third-order valence-electron chi connectivity index (χ3n) is 5.72. The highest BCUT2D eigenvalue weighted by molar-refractivity contribution is 7.89. The first-order chi connectivity index (χ1) is 15.4. The zero-order valence-corrected chi connectivity index (χ0v) is 18.8. The highest BCUT2D eigenvalue weighted by atomic mass is 32.2. The van der Waals surface area contributed by atoms with Crippen LogP contribution in [0.1, 0.15) is 31.7 Å². The maximum absolute atomic E-state index is 13.0. The number of rotatable bonds is 6. The normalized spacial score (nSPS) is 15.0. The molecule has 0 aliphatic carbocycles. The number of piperidine rings is 1. The lowest BCUT2D eigenvalue weighted by Crippen LogP contribution is -2.35. The minimum Gasteiger partial charge on any atom is -0.325 e. The monoisotopic (exact) mass is 454 g/mol. The number of anilines is 1. The van der Waals surface area contributed by atoms with Crippen LogP contribution >= 0.6 is 0 Å². The fourth-order valence-corrected chi connectivity index (χ4v) is 5.43. The highest BCUT2D eigenvalue weighted by Crippen LogP contribution is 2.23. The first kappa shape index (κ1) is 22.2. The number of hydrogen-bond donors (Lipinski definition) is 1. The Morgan fingerprint density at radius 3 is 2.47 bits per heavy atom. The Morgan fingerprint density at radius 2 is 1.78 bits per heavy atom. The van der Waals surface area contributed by atoms with E-state index in [0.717, 1.165) is 37.4 Å². The van der Waals surface area contributed by atoms with Crippen molar-refractivity contribution in [2.24, 2.45) is 0 Å². The molecule has 2 aromatic carbocycles. The molecule has 1 saturated heterocycles. The quantitative estimate of drug-likeness (QED) is 0.617. The minimum absolute atomic E-state index is 0.144. The Labute approximate surface area is 186 Å². The van der Waals surface area contributed by atoms with Crippen molar-refractivity contribution in [2.45, 2.75) is 44.0 Å². The second kappa shape index (κ2) is 9.22. The van der Waals surface area contributed by atoms with Gasteiger partial charge >= 0.3 is 0 Å². The number of carbonyl (C=O) groups excluding carboxylic acids is 1. The molecule has 1 fully saturated rings. The van der Waals surface area contributed by atoms with Gasteiger partial charge in [-0.3, -0.25) is 14.2 Å². The highest BCUT2D eigenvalue weighted by Gasteiger charge is 2.26. The van der Waals surface area contributed by atoms with Crippen LogP contribution in [0.15, 0.2) is 58.4 Å². The largest absolute Gasteiger partial charge is 0.325 e. The van der Waals surface area contributed by atoms with Crippen LogP contribution < -0.4 is 10.9 Å². The number of amides is 1. The van der Waals surface area contributed by atoms with Crippen molar-refractivity contribution in [1.82, 2.24) is 13.9 Å². The van der Waals surface area contributed by atoms with Crippen molar-refractivity contribution < 1.29 is 13.2 Å². The van der Waals surface area contributed by atoms with Crippen molar-refractivity contribution in [3.05, 3.63) is 64.6 Å². The van der Waals surface area contributed by atoms with Crippen LogP contribution in [0.2, 0.25) is 0 Å². The summed E-state index contributed by atoms with van der Waals surface area (Å²) >= 11 is 0. The molecule has 1 aliphatic heterocycles. The fourth-order valence-electron chi connectivity index (χ4n) is 3.89. The van der Waals surface area contributed by atoms with Crippen molar-refractivity contribution in [3.8, 4) is 0 Å². The lowest BCUT2D eigenvalue weighted by atomic mass is 10.1. The molecular formula is C23H26N4O4S. The van der Waals surface area contributed by atoms with Gasteiger partial charge in [-0.25, -0.2) is 13.4 Å². The molecular weight excluding hydrogens is 428 g/mol. The van der Waals surface area contributed by atoms with Gasteiger partial charge in [-0.05, 0) is 55.2 Å². The molecule has 1 amide bonds. The van der Waals surface area contributed by atoms with Crippen LogP contribution in [0, 0.1) is 0 Å². The Morgan fingerprint density at radius 1 is 1.06 bits per heavy atom. The topological polar surface area (TPSA) is 101 Å². The summed E-state index contributed by atoms with van der Waals surface area (Å²) in [4.78, 5) is 29.3. The van der Waals surface area contributed by atoms with Gasteiger partial charge in [0.05, 0.1) is 22.1 Å². The number of sulfonamides is 1. The number of nitrogens with one attached hydrogen (secondary N) is 1. The predicted octanol–water partition coefficient (Wildman–Crippen LogP) is 2.77. The van der Waals surface area contributed by atoms with Crippen LogP contribution in [0.3, 0.4) is 0 Å². The molecule has 0 spiro atoms. The lowest BCUT2D eigenvalue weighted by molar-refractivity contribution is -0.116. The Kier molecular flexibility index (Phi) is 6.38. The second-order valence-corrected chi connectivity index (χ2v) is 9.83. The van der Waals surface area contributed by atoms with Crippen molar-refractivity contribution in [3.63, 3.8) is 0 Å². The summed E-state index contributed by atoms with van der Waals surface area (Å²) < 4.78 is 28.7. The van der Waals surface area contributed by atoms with E-state index in [1.807, 2.05) is 24.3 Å². The van der Waals surface area contributed by atoms with E-state index < -0.39 is 15.6 Å². The van der Waals surface area contributed by atoms with Gasteiger partial charge in [0.25, 0.3) is 5.56 Å². The van der Waals surface area contributed by atoms with Crippen molar-refractivity contribution in [2.75, 3.05) is 18.4 Å². The molecule has 1 aromatic heterocycles. The maximum Gasteiger partial charge on any atom is 0.269 e. The van der Waals surface area contributed by atoms with Gasteiger partial charge in [-0.1, -0.05) is 25.5 Å². The third-order valence-corrected chi connectivity index (χ3v) is 7.61. The Balaban J connectivity index is 1.60.